The highest BCUT2D eigenvalue weighted by molar-refractivity contribution is 5.57. The van der Waals surface area contributed by atoms with Crippen molar-refractivity contribution in [1.29, 1.82) is 5.26 Å². The summed E-state index contributed by atoms with van der Waals surface area (Å²) in [6.45, 7) is 0. The van der Waals surface area contributed by atoms with Gasteiger partial charge < -0.3 is 4.74 Å². The minimum Gasteiger partial charge on any atom is -0.494 e. The summed E-state index contributed by atoms with van der Waals surface area (Å²) in [5, 5.41) is 19.8. The molecule has 0 amide bonds. The van der Waals surface area contributed by atoms with E-state index in [1.54, 1.807) is 6.07 Å². The third kappa shape index (κ3) is 2.09. The van der Waals surface area contributed by atoms with Crippen LogP contribution in [0.4, 0.5) is 10.1 Å². The van der Waals surface area contributed by atoms with Crippen molar-refractivity contribution in [3.05, 3.63) is 46.3 Å². The number of methoxy groups -OCH3 is 1. The predicted molar refractivity (Wildman–Crippen MR) is 61.4 cm³/mol. The number of rotatable bonds is 3. The van der Waals surface area contributed by atoms with Gasteiger partial charge in [0.1, 0.15) is 11.8 Å². The average Bonchev–Trinajstić information content (AvgIpc) is 2.86. The van der Waals surface area contributed by atoms with Crippen molar-refractivity contribution in [3.8, 4) is 17.5 Å². The molecule has 19 heavy (non-hydrogen) atoms. The van der Waals surface area contributed by atoms with Gasteiger partial charge in [0, 0.05) is 18.5 Å². The average molecular weight is 262 g/mol. The number of nitrogens with zero attached hydrogens (tertiary/aromatic N) is 4. The third-order valence-corrected chi connectivity index (χ3v) is 2.45. The van der Waals surface area contributed by atoms with Gasteiger partial charge in [-0.25, -0.2) is 9.37 Å². The van der Waals surface area contributed by atoms with Crippen LogP contribution < -0.4 is 4.74 Å². The fraction of sp³-hybridized carbons (Fsp3) is 0.0909. The maximum atomic E-state index is 13.5. The van der Waals surface area contributed by atoms with E-state index in [1.165, 1.54) is 24.1 Å². The van der Waals surface area contributed by atoms with Gasteiger partial charge in [0.05, 0.1) is 18.1 Å². The molecular weight excluding hydrogens is 255 g/mol. The number of hydrogen-bond donors (Lipinski definition) is 0. The van der Waals surface area contributed by atoms with E-state index < -0.39 is 16.4 Å². The zero-order chi connectivity index (χ0) is 14.0. The SMILES string of the molecule is COc1cc(-n2ccnc2C#N)c([N+](=O)[O-])cc1F. The molecule has 1 aromatic heterocycles. The molecule has 0 saturated heterocycles. The van der Waals surface area contributed by atoms with Gasteiger partial charge in [-0.3, -0.25) is 14.7 Å². The van der Waals surface area contributed by atoms with Crippen molar-refractivity contribution < 1.29 is 14.1 Å². The smallest absolute Gasteiger partial charge is 0.296 e. The second-order valence-electron chi connectivity index (χ2n) is 3.47. The van der Waals surface area contributed by atoms with Gasteiger partial charge in [0.25, 0.3) is 5.69 Å². The highest BCUT2D eigenvalue weighted by atomic mass is 19.1. The van der Waals surface area contributed by atoms with E-state index in [1.807, 2.05) is 0 Å². The van der Waals surface area contributed by atoms with E-state index in [2.05, 4.69) is 4.98 Å². The van der Waals surface area contributed by atoms with Crippen LogP contribution in [0.15, 0.2) is 24.5 Å². The zero-order valence-electron chi connectivity index (χ0n) is 9.70. The Morgan fingerprint density at radius 3 is 2.89 bits per heavy atom. The lowest BCUT2D eigenvalue weighted by atomic mass is 10.2. The van der Waals surface area contributed by atoms with Crippen LogP contribution in [0.1, 0.15) is 5.82 Å². The Kier molecular flexibility index (Phi) is 3.12. The van der Waals surface area contributed by atoms with E-state index >= 15 is 0 Å². The predicted octanol–water partition coefficient (Wildman–Crippen LogP) is 1.80. The van der Waals surface area contributed by atoms with Gasteiger partial charge in [-0.05, 0) is 0 Å². The molecule has 0 N–H and O–H groups in total. The molecule has 7 nitrogen and oxygen atoms in total. The lowest BCUT2D eigenvalue weighted by Crippen LogP contribution is -2.03. The monoisotopic (exact) mass is 262 g/mol. The van der Waals surface area contributed by atoms with Crippen LogP contribution in [-0.4, -0.2) is 21.6 Å². The molecule has 2 aromatic rings. The van der Waals surface area contributed by atoms with Crippen molar-refractivity contribution in [3.63, 3.8) is 0 Å². The quantitative estimate of drug-likeness (QED) is 0.621. The molecule has 0 atom stereocenters. The molecule has 0 bridgehead atoms. The Hall–Kier alpha value is -2.95. The molecule has 96 valence electrons. The van der Waals surface area contributed by atoms with Crippen molar-refractivity contribution in [1.82, 2.24) is 9.55 Å². The molecule has 0 radical (unpaired) electrons. The minimum absolute atomic E-state index is 0.0114. The Morgan fingerprint density at radius 2 is 2.32 bits per heavy atom. The van der Waals surface area contributed by atoms with E-state index in [9.17, 15) is 14.5 Å². The Labute approximate surface area is 106 Å². The lowest BCUT2D eigenvalue weighted by Gasteiger charge is -2.08. The first-order chi connectivity index (χ1) is 9.08. The largest absolute Gasteiger partial charge is 0.494 e. The lowest BCUT2D eigenvalue weighted by molar-refractivity contribution is -0.384. The molecule has 0 saturated carbocycles. The van der Waals surface area contributed by atoms with Crippen molar-refractivity contribution in [2.75, 3.05) is 7.11 Å². The molecule has 1 aromatic carbocycles. The molecule has 1 heterocycles. The number of halogens is 1. The van der Waals surface area contributed by atoms with Crippen LogP contribution in [-0.2, 0) is 0 Å². The number of benzene rings is 1. The summed E-state index contributed by atoms with van der Waals surface area (Å²) in [5.74, 6) is -1.05. The first-order valence-electron chi connectivity index (χ1n) is 5.04. The second-order valence-corrected chi connectivity index (χ2v) is 3.47. The number of ether oxygens (including phenoxy) is 1. The first kappa shape index (κ1) is 12.5. The number of hydrogen-bond acceptors (Lipinski definition) is 5. The van der Waals surface area contributed by atoms with Gasteiger partial charge in [-0.1, -0.05) is 0 Å². The van der Waals surface area contributed by atoms with Crippen LogP contribution >= 0.6 is 0 Å². The van der Waals surface area contributed by atoms with Crippen LogP contribution in [0.5, 0.6) is 5.75 Å². The topological polar surface area (TPSA) is 94.0 Å². The number of aromatic nitrogens is 2. The third-order valence-electron chi connectivity index (χ3n) is 2.45. The molecule has 0 aliphatic heterocycles. The molecule has 0 aliphatic carbocycles. The molecule has 8 heteroatoms. The molecule has 0 spiro atoms. The normalized spacial score (nSPS) is 9.95. The summed E-state index contributed by atoms with van der Waals surface area (Å²) >= 11 is 0. The zero-order valence-corrected chi connectivity index (χ0v) is 9.70. The van der Waals surface area contributed by atoms with Crippen LogP contribution in [0.3, 0.4) is 0 Å². The van der Waals surface area contributed by atoms with Gasteiger partial charge in [0.2, 0.25) is 5.82 Å². The Balaban J connectivity index is 2.74. The number of nitro groups is 1. The molecular formula is C11H7FN4O3. The van der Waals surface area contributed by atoms with Crippen molar-refractivity contribution >= 4 is 5.69 Å². The maximum absolute atomic E-state index is 13.5. The minimum atomic E-state index is -0.850. The number of nitriles is 1. The fourth-order valence-electron chi connectivity index (χ4n) is 1.61. The number of imidazole rings is 1. The summed E-state index contributed by atoms with van der Waals surface area (Å²) in [6.07, 6.45) is 2.69. The molecule has 2 rings (SSSR count). The second kappa shape index (κ2) is 4.73. The Morgan fingerprint density at radius 1 is 1.58 bits per heavy atom. The van der Waals surface area contributed by atoms with E-state index in [0.29, 0.717) is 0 Å². The summed E-state index contributed by atoms with van der Waals surface area (Å²) in [4.78, 5) is 13.9. The maximum Gasteiger partial charge on any atom is 0.296 e. The van der Waals surface area contributed by atoms with Crippen LogP contribution in [0, 0.1) is 27.3 Å². The van der Waals surface area contributed by atoms with Crippen LogP contribution in [0.25, 0.3) is 5.69 Å². The van der Waals surface area contributed by atoms with E-state index in [0.717, 1.165) is 12.1 Å². The highest BCUT2D eigenvalue weighted by Gasteiger charge is 2.21. The van der Waals surface area contributed by atoms with Gasteiger partial charge in [-0.2, -0.15) is 5.26 Å². The summed E-state index contributed by atoms with van der Waals surface area (Å²) in [6, 6.07) is 3.68. The van der Waals surface area contributed by atoms with Gasteiger partial charge in [0.15, 0.2) is 11.6 Å². The summed E-state index contributed by atoms with van der Waals surface area (Å²) in [5.41, 5.74) is -0.467. The summed E-state index contributed by atoms with van der Waals surface area (Å²) in [7, 11) is 1.24. The van der Waals surface area contributed by atoms with Crippen LogP contribution in [0.2, 0.25) is 0 Å². The Bertz CT molecular complexity index is 690. The van der Waals surface area contributed by atoms with Gasteiger partial charge in [-0.15, -0.1) is 0 Å². The highest BCUT2D eigenvalue weighted by Crippen LogP contribution is 2.30. The standard InChI is InChI=1S/C11H7FN4O3/c1-19-10-5-8(9(16(17)18)4-7(10)12)15-3-2-14-11(15)6-13/h2-5H,1H3. The van der Waals surface area contributed by atoms with E-state index in [-0.39, 0.29) is 17.3 Å². The number of nitro benzene ring substituents is 1. The van der Waals surface area contributed by atoms with Crippen molar-refractivity contribution in [2.45, 2.75) is 0 Å². The van der Waals surface area contributed by atoms with Crippen molar-refractivity contribution in [2.24, 2.45) is 0 Å². The fourth-order valence-corrected chi connectivity index (χ4v) is 1.61. The first-order valence-corrected chi connectivity index (χ1v) is 5.04. The summed E-state index contributed by atoms with van der Waals surface area (Å²) < 4.78 is 19.5. The van der Waals surface area contributed by atoms with Gasteiger partial charge >= 0.3 is 0 Å². The molecule has 0 unspecified atom stereocenters. The molecule has 0 aliphatic rings. The molecule has 0 fully saturated rings. The van der Waals surface area contributed by atoms with E-state index in [4.69, 9.17) is 10.00 Å².